The minimum Gasteiger partial charge on any atom is -0.508 e. The van der Waals surface area contributed by atoms with Crippen LogP contribution in [-0.2, 0) is 11.2 Å². The minimum atomic E-state index is -1.52. The van der Waals surface area contributed by atoms with Crippen LogP contribution >= 0.6 is 23.2 Å². The van der Waals surface area contributed by atoms with Crippen molar-refractivity contribution in [2.75, 3.05) is 6.61 Å². The topological polar surface area (TPSA) is 115 Å². The first-order valence-electron chi connectivity index (χ1n) is 10.8. The number of nitrogens with zero attached hydrogens (tertiary/aromatic N) is 1. The molecule has 1 aliphatic rings. The molecule has 1 saturated heterocycles. The predicted molar refractivity (Wildman–Crippen MR) is 129 cm³/mol. The van der Waals surface area contributed by atoms with Gasteiger partial charge in [-0.25, -0.2) is 0 Å². The lowest BCUT2D eigenvalue weighted by atomic mass is 9.98. The predicted octanol–water partition coefficient (Wildman–Crippen LogP) is 3.37. The molecule has 0 aliphatic carbocycles. The summed E-state index contributed by atoms with van der Waals surface area (Å²) < 4.78 is 7.38. The number of phenols is 1. The van der Waals surface area contributed by atoms with Gasteiger partial charge in [0, 0.05) is 11.6 Å². The molecule has 1 aromatic heterocycles. The highest BCUT2D eigenvalue weighted by molar-refractivity contribution is 6.40. The molecule has 0 bridgehead atoms. The van der Waals surface area contributed by atoms with E-state index in [0.717, 1.165) is 21.9 Å². The second kappa shape index (κ2) is 9.02. The van der Waals surface area contributed by atoms with Crippen molar-refractivity contribution in [3.63, 3.8) is 0 Å². The van der Waals surface area contributed by atoms with Gasteiger partial charge >= 0.3 is 0 Å². The van der Waals surface area contributed by atoms with E-state index in [2.05, 4.69) is 0 Å². The molecule has 1 fully saturated rings. The summed E-state index contributed by atoms with van der Waals surface area (Å²) in [5.74, 6) is 0.198. The van der Waals surface area contributed by atoms with Gasteiger partial charge in [0.25, 0.3) is 0 Å². The fraction of sp³-hybridized carbons (Fsp3) is 0.280. The zero-order valence-corrected chi connectivity index (χ0v) is 19.4. The molecule has 7 nitrogen and oxygen atoms in total. The van der Waals surface area contributed by atoms with Gasteiger partial charge in [0.2, 0.25) is 0 Å². The molecule has 0 amide bonds. The van der Waals surface area contributed by atoms with Crippen LogP contribution in [0.25, 0.3) is 21.7 Å². The second-order valence-corrected chi connectivity index (χ2v) is 9.39. The fourth-order valence-electron chi connectivity index (χ4n) is 4.66. The Hall–Kier alpha value is -2.36. The largest absolute Gasteiger partial charge is 0.508 e. The number of aliphatic hydroxyl groups is 4. The van der Waals surface area contributed by atoms with Gasteiger partial charge < -0.3 is 34.8 Å². The van der Waals surface area contributed by atoms with Gasteiger partial charge in [0.15, 0.2) is 6.23 Å². The van der Waals surface area contributed by atoms with Crippen molar-refractivity contribution in [3.05, 3.63) is 75.9 Å². The van der Waals surface area contributed by atoms with Crippen molar-refractivity contribution >= 4 is 44.9 Å². The molecule has 9 heteroatoms. The normalized spacial score (nSPS) is 25.3. The Bertz CT molecular complexity index is 1370. The zero-order valence-electron chi connectivity index (χ0n) is 17.8. The molecular weight excluding hydrogens is 481 g/mol. The third-order valence-electron chi connectivity index (χ3n) is 6.38. The van der Waals surface area contributed by atoms with Gasteiger partial charge in [-0.05, 0) is 52.6 Å². The van der Waals surface area contributed by atoms with Crippen molar-refractivity contribution in [2.24, 2.45) is 0 Å². The van der Waals surface area contributed by atoms with E-state index in [9.17, 15) is 25.5 Å². The number of aromatic nitrogens is 1. The molecule has 5 atom stereocenters. The SMILES string of the molecule is OC[C@H]1O[C@@H](n2cc(Cc3ccc4cc(O)ccc4c3)c3c(Cl)ccc(Cl)c32)[C@H](O)[C@@H](O)[C@@H]1O. The second-order valence-electron chi connectivity index (χ2n) is 8.58. The Morgan fingerprint density at radius 1 is 0.853 bits per heavy atom. The number of hydrogen-bond acceptors (Lipinski definition) is 6. The number of hydrogen-bond donors (Lipinski definition) is 5. The highest BCUT2D eigenvalue weighted by Gasteiger charge is 2.44. The summed E-state index contributed by atoms with van der Waals surface area (Å²) in [7, 11) is 0. The van der Waals surface area contributed by atoms with E-state index in [1.807, 2.05) is 24.3 Å². The number of benzene rings is 3. The number of ether oxygens (including phenoxy) is 1. The number of rotatable bonds is 4. The molecule has 0 saturated carbocycles. The molecule has 0 spiro atoms. The van der Waals surface area contributed by atoms with E-state index >= 15 is 0 Å². The molecule has 1 aliphatic heterocycles. The van der Waals surface area contributed by atoms with E-state index in [-0.39, 0.29) is 5.75 Å². The van der Waals surface area contributed by atoms with Crippen LogP contribution in [0.5, 0.6) is 5.75 Å². The van der Waals surface area contributed by atoms with Gasteiger partial charge in [0.05, 0.1) is 22.2 Å². The summed E-state index contributed by atoms with van der Waals surface area (Å²) in [5, 5.41) is 53.9. The van der Waals surface area contributed by atoms with Crippen LogP contribution < -0.4 is 0 Å². The summed E-state index contributed by atoms with van der Waals surface area (Å²) in [6.45, 7) is -0.533. The Morgan fingerprint density at radius 2 is 1.56 bits per heavy atom. The van der Waals surface area contributed by atoms with E-state index < -0.39 is 37.3 Å². The lowest BCUT2D eigenvalue weighted by Crippen LogP contribution is -2.56. The zero-order chi connectivity index (χ0) is 24.1. The summed E-state index contributed by atoms with van der Waals surface area (Å²) in [4.78, 5) is 0. The van der Waals surface area contributed by atoms with Crippen LogP contribution in [0, 0.1) is 0 Å². The number of fused-ring (bicyclic) bond motifs is 2. The summed E-state index contributed by atoms with van der Waals surface area (Å²) >= 11 is 13.1. The monoisotopic (exact) mass is 503 g/mol. The molecule has 5 rings (SSSR count). The number of halogens is 2. The standard InChI is InChI=1S/C25H23Cl2NO6/c26-17-5-6-18(27)21-20(17)15(8-12-1-2-14-9-16(30)4-3-13(14)7-12)10-28(21)25-24(33)23(32)22(31)19(11-29)34-25/h1-7,9-10,19,22-25,29-33H,8,11H2/t19-,22-,23+,24-,25-/m1/s1. The van der Waals surface area contributed by atoms with E-state index in [1.54, 1.807) is 35.0 Å². The first-order chi connectivity index (χ1) is 16.3. The fourth-order valence-corrected chi connectivity index (χ4v) is 5.18. The molecule has 178 valence electrons. The molecule has 2 heterocycles. The Kier molecular flexibility index (Phi) is 6.20. The molecule has 34 heavy (non-hydrogen) atoms. The average molecular weight is 504 g/mol. The molecule has 0 unspecified atom stereocenters. The third-order valence-corrected chi connectivity index (χ3v) is 7.00. The van der Waals surface area contributed by atoms with Gasteiger partial charge in [-0.2, -0.15) is 0 Å². The Morgan fingerprint density at radius 3 is 2.32 bits per heavy atom. The quantitative estimate of drug-likeness (QED) is 0.291. The van der Waals surface area contributed by atoms with Gasteiger partial charge in [0.1, 0.15) is 30.2 Å². The number of aromatic hydroxyl groups is 1. The molecule has 3 aromatic carbocycles. The summed E-state index contributed by atoms with van der Waals surface area (Å²) in [6, 6.07) is 14.4. The highest BCUT2D eigenvalue weighted by Crippen LogP contribution is 2.40. The van der Waals surface area contributed by atoms with Crippen LogP contribution in [0.4, 0.5) is 0 Å². The third kappa shape index (κ3) is 3.93. The lowest BCUT2D eigenvalue weighted by molar-refractivity contribution is -0.250. The molecule has 4 aromatic rings. The van der Waals surface area contributed by atoms with Crippen LogP contribution in [-0.4, -0.2) is 61.1 Å². The van der Waals surface area contributed by atoms with Crippen molar-refractivity contribution in [3.8, 4) is 5.75 Å². The first-order valence-corrected chi connectivity index (χ1v) is 11.5. The smallest absolute Gasteiger partial charge is 0.163 e. The molecule has 0 radical (unpaired) electrons. The van der Waals surface area contributed by atoms with Crippen molar-refractivity contribution in [1.29, 1.82) is 0 Å². The maximum absolute atomic E-state index is 10.7. The molecule has 5 N–H and O–H groups in total. The van der Waals surface area contributed by atoms with E-state index in [0.29, 0.717) is 27.4 Å². The Labute approximate surface area is 205 Å². The van der Waals surface area contributed by atoms with Gasteiger partial charge in [-0.15, -0.1) is 0 Å². The van der Waals surface area contributed by atoms with Crippen molar-refractivity contribution < 1.29 is 30.3 Å². The maximum Gasteiger partial charge on any atom is 0.163 e. The molecular formula is C25H23Cl2NO6. The maximum atomic E-state index is 10.7. The van der Waals surface area contributed by atoms with Crippen LogP contribution in [0.1, 0.15) is 17.4 Å². The van der Waals surface area contributed by atoms with Gasteiger partial charge in [-0.3, -0.25) is 0 Å². The van der Waals surface area contributed by atoms with E-state index in [1.165, 1.54) is 0 Å². The Balaban J connectivity index is 1.61. The van der Waals surface area contributed by atoms with Gasteiger partial charge in [-0.1, -0.05) is 47.5 Å². The lowest BCUT2D eigenvalue weighted by Gasteiger charge is -2.40. The average Bonchev–Trinajstić information content (AvgIpc) is 3.20. The van der Waals surface area contributed by atoms with Crippen molar-refractivity contribution in [1.82, 2.24) is 4.57 Å². The summed E-state index contributed by atoms with van der Waals surface area (Å²) in [6.07, 6.45) is -4.37. The van der Waals surface area contributed by atoms with Crippen LogP contribution in [0.3, 0.4) is 0 Å². The van der Waals surface area contributed by atoms with Crippen LogP contribution in [0.2, 0.25) is 10.0 Å². The van der Waals surface area contributed by atoms with E-state index in [4.69, 9.17) is 27.9 Å². The summed E-state index contributed by atoms with van der Waals surface area (Å²) in [5.41, 5.74) is 2.32. The van der Waals surface area contributed by atoms with Crippen LogP contribution in [0.15, 0.2) is 54.7 Å². The van der Waals surface area contributed by atoms with Crippen molar-refractivity contribution in [2.45, 2.75) is 37.1 Å². The minimum absolute atomic E-state index is 0.198. The highest BCUT2D eigenvalue weighted by atomic mass is 35.5. The number of aliphatic hydroxyl groups excluding tert-OH is 4. The number of phenolic OH excluding ortho intramolecular Hbond substituents is 1. The first kappa shape index (κ1) is 23.4.